The second-order valence-electron chi connectivity index (χ2n) is 5.23. The number of hydrogen-bond acceptors (Lipinski definition) is 3. The number of anilines is 1. The van der Waals surface area contributed by atoms with E-state index in [-0.39, 0.29) is 5.91 Å². The van der Waals surface area contributed by atoms with Gasteiger partial charge in [0.25, 0.3) is 5.91 Å². The molecule has 1 aromatic heterocycles. The van der Waals surface area contributed by atoms with Gasteiger partial charge in [0, 0.05) is 16.9 Å². The Balaban J connectivity index is 1.81. The number of ether oxygens (including phenoxy) is 1. The van der Waals surface area contributed by atoms with Crippen LogP contribution in [-0.4, -0.2) is 22.8 Å². The van der Waals surface area contributed by atoms with E-state index in [0.717, 1.165) is 11.4 Å². The minimum Gasteiger partial charge on any atom is -0.497 e. The lowest BCUT2D eigenvalue weighted by Crippen LogP contribution is -2.12. The highest BCUT2D eigenvalue weighted by atomic mass is 35.5. The molecule has 24 heavy (non-hydrogen) atoms. The van der Waals surface area contributed by atoms with Gasteiger partial charge in [-0.25, -0.2) is 4.68 Å². The quantitative estimate of drug-likeness (QED) is 0.777. The summed E-state index contributed by atoms with van der Waals surface area (Å²) in [6.07, 6.45) is 1.71. The summed E-state index contributed by atoms with van der Waals surface area (Å²) in [6, 6.07) is 14.4. The summed E-state index contributed by atoms with van der Waals surface area (Å²) in [4.78, 5) is 12.5. The summed E-state index contributed by atoms with van der Waals surface area (Å²) < 4.78 is 6.76. The molecular formula is C18H16ClN3O2. The Morgan fingerprint density at radius 1 is 1.12 bits per heavy atom. The Labute approximate surface area is 144 Å². The van der Waals surface area contributed by atoms with E-state index in [1.807, 2.05) is 12.1 Å². The first kappa shape index (κ1) is 16.1. The predicted octanol–water partition coefficient (Wildman–Crippen LogP) is 4.10. The van der Waals surface area contributed by atoms with E-state index in [2.05, 4.69) is 10.4 Å². The van der Waals surface area contributed by atoms with Crippen molar-refractivity contribution in [2.24, 2.45) is 0 Å². The van der Waals surface area contributed by atoms with Gasteiger partial charge in [-0.1, -0.05) is 11.6 Å². The van der Waals surface area contributed by atoms with Crippen molar-refractivity contribution in [1.82, 2.24) is 9.78 Å². The summed E-state index contributed by atoms with van der Waals surface area (Å²) in [5.41, 5.74) is 2.70. The van der Waals surface area contributed by atoms with Gasteiger partial charge in [-0.3, -0.25) is 4.79 Å². The molecule has 3 rings (SSSR count). The number of aryl methyl sites for hydroxylation is 1. The van der Waals surface area contributed by atoms with E-state index in [9.17, 15) is 4.79 Å². The Morgan fingerprint density at radius 2 is 1.79 bits per heavy atom. The second kappa shape index (κ2) is 6.76. The van der Waals surface area contributed by atoms with Gasteiger partial charge in [0.2, 0.25) is 0 Å². The molecule has 0 saturated heterocycles. The van der Waals surface area contributed by atoms with E-state index in [4.69, 9.17) is 16.3 Å². The van der Waals surface area contributed by atoms with Crippen LogP contribution in [0.15, 0.2) is 54.7 Å². The molecule has 0 fully saturated rings. The average molecular weight is 342 g/mol. The molecule has 6 heteroatoms. The Morgan fingerprint density at radius 3 is 2.42 bits per heavy atom. The molecule has 5 nitrogen and oxygen atoms in total. The third-order valence-corrected chi connectivity index (χ3v) is 3.83. The lowest BCUT2D eigenvalue weighted by molar-refractivity contribution is 0.102. The summed E-state index contributed by atoms with van der Waals surface area (Å²) >= 11 is 5.90. The molecule has 0 spiro atoms. The van der Waals surface area contributed by atoms with E-state index < -0.39 is 0 Å². The fourth-order valence-corrected chi connectivity index (χ4v) is 2.41. The van der Waals surface area contributed by atoms with Crippen molar-refractivity contribution in [3.05, 3.63) is 71.0 Å². The van der Waals surface area contributed by atoms with Crippen LogP contribution in [0.3, 0.4) is 0 Å². The van der Waals surface area contributed by atoms with Crippen LogP contribution in [0, 0.1) is 6.92 Å². The number of aromatic nitrogens is 2. The Hall–Kier alpha value is -2.79. The normalized spacial score (nSPS) is 10.5. The number of halogens is 1. The molecular weight excluding hydrogens is 326 g/mol. The SMILES string of the molecule is COc1ccc(NC(=O)c2cn(-c3ccc(Cl)cc3)nc2C)cc1. The number of methoxy groups -OCH3 is 1. The minimum absolute atomic E-state index is 0.210. The maximum Gasteiger partial charge on any atom is 0.259 e. The maximum atomic E-state index is 12.5. The smallest absolute Gasteiger partial charge is 0.259 e. The zero-order chi connectivity index (χ0) is 17.1. The van der Waals surface area contributed by atoms with Gasteiger partial charge in [0.05, 0.1) is 24.1 Å². The highest BCUT2D eigenvalue weighted by molar-refractivity contribution is 6.30. The first-order valence-electron chi connectivity index (χ1n) is 7.34. The molecule has 0 aliphatic carbocycles. The van der Waals surface area contributed by atoms with E-state index in [1.54, 1.807) is 61.3 Å². The van der Waals surface area contributed by atoms with Crippen LogP contribution in [0.5, 0.6) is 5.75 Å². The van der Waals surface area contributed by atoms with E-state index >= 15 is 0 Å². The fourth-order valence-electron chi connectivity index (χ4n) is 2.28. The molecule has 0 aliphatic heterocycles. The number of carbonyl (C=O) groups is 1. The van der Waals surface area contributed by atoms with Crippen LogP contribution >= 0.6 is 11.6 Å². The van der Waals surface area contributed by atoms with Crippen molar-refractivity contribution >= 4 is 23.2 Å². The Bertz CT molecular complexity index is 855. The van der Waals surface area contributed by atoms with Crippen molar-refractivity contribution in [2.75, 3.05) is 12.4 Å². The van der Waals surface area contributed by atoms with Gasteiger partial charge in [-0.2, -0.15) is 5.10 Å². The van der Waals surface area contributed by atoms with Gasteiger partial charge < -0.3 is 10.1 Å². The molecule has 3 aromatic rings. The molecule has 1 amide bonds. The number of hydrogen-bond donors (Lipinski definition) is 1. The minimum atomic E-state index is -0.210. The number of benzene rings is 2. The molecule has 0 aliphatic rings. The monoisotopic (exact) mass is 341 g/mol. The van der Waals surface area contributed by atoms with Crippen LogP contribution in [0.2, 0.25) is 5.02 Å². The van der Waals surface area contributed by atoms with Crippen molar-refractivity contribution in [3.63, 3.8) is 0 Å². The fraction of sp³-hybridized carbons (Fsp3) is 0.111. The largest absolute Gasteiger partial charge is 0.497 e. The first-order chi connectivity index (χ1) is 11.6. The number of rotatable bonds is 4. The van der Waals surface area contributed by atoms with E-state index in [0.29, 0.717) is 22.0 Å². The average Bonchev–Trinajstić information content (AvgIpc) is 2.98. The van der Waals surface area contributed by atoms with Crippen molar-refractivity contribution in [1.29, 1.82) is 0 Å². The van der Waals surface area contributed by atoms with Gasteiger partial charge in [-0.15, -0.1) is 0 Å². The highest BCUT2D eigenvalue weighted by Crippen LogP contribution is 2.18. The molecule has 0 unspecified atom stereocenters. The molecule has 1 heterocycles. The van der Waals surface area contributed by atoms with Gasteiger partial charge in [0.1, 0.15) is 5.75 Å². The van der Waals surface area contributed by atoms with E-state index in [1.165, 1.54) is 0 Å². The first-order valence-corrected chi connectivity index (χ1v) is 7.72. The summed E-state index contributed by atoms with van der Waals surface area (Å²) in [6.45, 7) is 1.80. The number of nitrogens with zero attached hydrogens (tertiary/aromatic N) is 2. The molecule has 0 radical (unpaired) electrons. The lowest BCUT2D eigenvalue weighted by Gasteiger charge is -2.05. The van der Waals surface area contributed by atoms with Crippen LogP contribution in [0.4, 0.5) is 5.69 Å². The van der Waals surface area contributed by atoms with Crippen molar-refractivity contribution < 1.29 is 9.53 Å². The third-order valence-electron chi connectivity index (χ3n) is 3.58. The molecule has 1 N–H and O–H groups in total. The topological polar surface area (TPSA) is 56.1 Å². The third kappa shape index (κ3) is 3.41. The summed E-state index contributed by atoms with van der Waals surface area (Å²) in [7, 11) is 1.60. The van der Waals surface area contributed by atoms with Gasteiger partial charge >= 0.3 is 0 Å². The lowest BCUT2D eigenvalue weighted by atomic mass is 10.2. The maximum absolute atomic E-state index is 12.5. The zero-order valence-corrected chi connectivity index (χ0v) is 14.0. The van der Waals surface area contributed by atoms with Crippen molar-refractivity contribution in [3.8, 4) is 11.4 Å². The number of carbonyl (C=O) groups excluding carboxylic acids is 1. The predicted molar refractivity (Wildman–Crippen MR) is 94.3 cm³/mol. The number of amides is 1. The van der Waals surface area contributed by atoms with Crippen LogP contribution in [0.25, 0.3) is 5.69 Å². The second-order valence-corrected chi connectivity index (χ2v) is 5.67. The number of nitrogens with one attached hydrogen (secondary N) is 1. The standard InChI is InChI=1S/C18H16ClN3O2/c1-12-17(11-22(21-12)15-7-3-13(19)4-8-15)18(23)20-14-5-9-16(24-2)10-6-14/h3-11H,1-2H3,(H,20,23). The molecule has 2 aromatic carbocycles. The van der Waals surface area contributed by atoms with Crippen molar-refractivity contribution in [2.45, 2.75) is 6.92 Å². The van der Waals surface area contributed by atoms with Crippen LogP contribution < -0.4 is 10.1 Å². The summed E-state index contributed by atoms with van der Waals surface area (Å²) in [5, 5.41) is 7.90. The molecule has 0 saturated carbocycles. The summed E-state index contributed by atoms with van der Waals surface area (Å²) in [5.74, 6) is 0.526. The zero-order valence-electron chi connectivity index (χ0n) is 13.3. The highest BCUT2D eigenvalue weighted by Gasteiger charge is 2.14. The van der Waals surface area contributed by atoms with Gasteiger partial charge in [-0.05, 0) is 55.5 Å². The Kier molecular flexibility index (Phi) is 4.53. The van der Waals surface area contributed by atoms with Crippen LogP contribution in [-0.2, 0) is 0 Å². The molecule has 0 bridgehead atoms. The van der Waals surface area contributed by atoms with Crippen LogP contribution in [0.1, 0.15) is 16.1 Å². The van der Waals surface area contributed by atoms with Gasteiger partial charge in [0.15, 0.2) is 0 Å². The molecule has 0 atom stereocenters. The molecule has 122 valence electrons.